The van der Waals surface area contributed by atoms with Crippen LogP contribution in [-0.4, -0.2) is 30.8 Å². The summed E-state index contributed by atoms with van der Waals surface area (Å²) in [6, 6.07) is 5.00. The second kappa shape index (κ2) is 6.06. The molecule has 22 heavy (non-hydrogen) atoms. The van der Waals surface area contributed by atoms with Gasteiger partial charge in [0.1, 0.15) is 5.82 Å². The van der Waals surface area contributed by atoms with Gasteiger partial charge in [-0.25, -0.2) is 17.8 Å². The molecule has 1 saturated heterocycles. The zero-order chi connectivity index (χ0) is 15.7. The third-order valence-electron chi connectivity index (χ3n) is 3.89. The molecule has 1 aromatic heterocycles. The van der Waals surface area contributed by atoms with Gasteiger partial charge in [-0.05, 0) is 44.0 Å². The highest BCUT2D eigenvalue weighted by molar-refractivity contribution is 7.89. The number of piperidine rings is 1. The fraction of sp³-hybridized carbons (Fsp3) is 0.400. The summed E-state index contributed by atoms with van der Waals surface area (Å²) < 4.78 is 39.5. The minimum absolute atomic E-state index is 0.150. The van der Waals surface area contributed by atoms with Gasteiger partial charge in [-0.1, -0.05) is 0 Å². The van der Waals surface area contributed by atoms with E-state index in [4.69, 9.17) is 0 Å². The molecule has 7 heteroatoms. The Morgan fingerprint density at radius 2 is 1.86 bits per heavy atom. The normalized spacial score (nSPS) is 17.7. The van der Waals surface area contributed by atoms with Gasteiger partial charge < -0.3 is 0 Å². The zero-order valence-corrected chi connectivity index (χ0v) is 13.8. The predicted molar refractivity (Wildman–Crippen MR) is 84.0 cm³/mol. The first kappa shape index (κ1) is 15.6. The number of rotatable bonds is 3. The molecular weight excluding hydrogens is 323 g/mol. The number of hydrogen-bond donors (Lipinski definition) is 0. The Balaban J connectivity index is 1.71. The summed E-state index contributed by atoms with van der Waals surface area (Å²) in [7, 11) is -3.53. The maximum absolute atomic E-state index is 12.9. The monoisotopic (exact) mass is 340 g/mol. The molecule has 1 aliphatic heterocycles. The van der Waals surface area contributed by atoms with Gasteiger partial charge in [0.05, 0.1) is 9.90 Å². The average Bonchev–Trinajstić information content (AvgIpc) is 2.94. The topological polar surface area (TPSA) is 50.3 Å². The van der Waals surface area contributed by atoms with Gasteiger partial charge in [-0.2, -0.15) is 4.31 Å². The molecule has 4 nitrogen and oxygen atoms in total. The van der Waals surface area contributed by atoms with Gasteiger partial charge in [-0.3, -0.25) is 0 Å². The standard InChI is InChI=1S/C15H17FN2O2S2/c1-11-10-21-15(17-11)12-6-8-18(9-7-12)22(19,20)14-4-2-13(16)3-5-14/h2-5,10,12H,6-9H2,1H3. The van der Waals surface area contributed by atoms with Gasteiger partial charge in [0.25, 0.3) is 0 Å². The van der Waals surface area contributed by atoms with Crippen LogP contribution >= 0.6 is 11.3 Å². The van der Waals surface area contributed by atoms with Crippen LogP contribution in [0.15, 0.2) is 34.5 Å². The molecule has 0 amide bonds. The Bertz CT molecular complexity index is 748. The molecule has 0 saturated carbocycles. The molecule has 0 unspecified atom stereocenters. The van der Waals surface area contributed by atoms with Crippen molar-refractivity contribution in [2.75, 3.05) is 13.1 Å². The highest BCUT2D eigenvalue weighted by atomic mass is 32.2. The van der Waals surface area contributed by atoms with E-state index in [9.17, 15) is 12.8 Å². The van der Waals surface area contributed by atoms with Gasteiger partial charge in [0, 0.05) is 30.1 Å². The molecular formula is C15H17FN2O2S2. The highest BCUT2D eigenvalue weighted by Gasteiger charge is 2.30. The van der Waals surface area contributed by atoms with Crippen LogP contribution in [0.2, 0.25) is 0 Å². The minimum Gasteiger partial charge on any atom is -0.246 e. The summed E-state index contributed by atoms with van der Waals surface area (Å²) in [6.07, 6.45) is 1.54. The number of aromatic nitrogens is 1. The lowest BCUT2D eigenvalue weighted by Crippen LogP contribution is -2.37. The highest BCUT2D eigenvalue weighted by Crippen LogP contribution is 2.32. The predicted octanol–water partition coefficient (Wildman–Crippen LogP) is 3.16. The number of aryl methyl sites for hydroxylation is 1. The fourth-order valence-corrected chi connectivity index (χ4v) is 5.10. The average molecular weight is 340 g/mol. The number of halogens is 1. The molecule has 0 atom stereocenters. The second-order valence-electron chi connectivity index (χ2n) is 5.46. The number of hydrogen-bond acceptors (Lipinski definition) is 4. The van der Waals surface area contributed by atoms with Crippen LogP contribution in [-0.2, 0) is 10.0 Å². The third kappa shape index (κ3) is 3.06. The molecule has 0 spiro atoms. The van der Waals surface area contributed by atoms with Crippen molar-refractivity contribution in [3.05, 3.63) is 46.2 Å². The lowest BCUT2D eigenvalue weighted by Gasteiger charge is -2.30. The molecule has 0 N–H and O–H groups in total. The molecule has 3 rings (SSSR count). The van der Waals surface area contributed by atoms with E-state index in [1.165, 1.54) is 28.6 Å². The van der Waals surface area contributed by atoms with E-state index in [0.29, 0.717) is 19.0 Å². The molecule has 1 aliphatic rings. The van der Waals surface area contributed by atoms with Gasteiger partial charge in [0.2, 0.25) is 10.0 Å². The molecule has 1 aromatic carbocycles. The van der Waals surface area contributed by atoms with Crippen molar-refractivity contribution < 1.29 is 12.8 Å². The first-order chi connectivity index (χ1) is 10.5. The minimum atomic E-state index is -3.53. The Hall–Kier alpha value is -1.31. The summed E-state index contributed by atoms with van der Waals surface area (Å²) in [6.45, 7) is 2.92. The molecule has 2 aromatic rings. The van der Waals surface area contributed by atoms with Crippen molar-refractivity contribution >= 4 is 21.4 Å². The van der Waals surface area contributed by atoms with Crippen LogP contribution in [0.3, 0.4) is 0 Å². The van der Waals surface area contributed by atoms with E-state index >= 15 is 0 Å². The molecule has 0 radical (unpaired) electrons. The number of thiazole rings is 1. The Morgan fingerprint density at radius 1 is 1.23 bits per heavy atom. The van der Waals surface area contributed by atoms with E-state index in [2.05, 4.69) is 4.98 Å². The van der Waals surface area contributed by atoms with Crippen molar-refractivity contribution in [2.45, 2.75) is 30.6 Å². The SMILES string of the molecule is Cc1csc(C2CCN(S(=O)(=O)c3ccc(F)cc3)CC2)n1. The lowest BCUT2D eigenvalue weighted by atomic mass is 9.99. The van der Waals surface area contributed by atoms with Crippen LogP contribution in [0.1, 0.15) is 29.5 Å². The lowest BCUT2D eigenvalue weighted by molar-refractivity contribution is 0.319. The van der Waals surface area contributed by atoms with Crippen LogP contribution in [0.4, 0.5) is 4.39 Å². The van der Waals surface area contributed by atoms with Gasteiger partial charge >= 0.3 is 0 Å². The Morgan fingerprint density at radius 3 is 2.41 bits per heavy atom. The maximum atomic E-state index is 12.9. The van der Waals surface area contributed by atoms with E-state index in [1.807, 2.05) is 12.3 Å². The van der Waals surface area contributed by atoms with Crippen LogP contribution in [0.25, 0.3) is 0 Å². The Kier molecular flexibility index (Phi) is 4.29. The van der Waals surface area contributed by atoms with Crippen molar-refractivity contribution in [3.63, 3.8) is 0 Å². The van der Waals surface area contributed by atoms with Crippen LogP contribution < -0.4 is 0 Å². The van der Waals surface area contributed by atoms with Crippen molar-refractivity contribution in [2.24, 2.45) is 0 Å². The summed E-state index contributed by atoms with van der Waals surface area (Å²) in [5, 5.41) is 3.12. The number of nitrogens with zero attached hydrogens (tertiary/aromatic N) is 2. The van der Waals surface area contributed by atoms with Crippen molar-refractivity contribution in [1.82, 2.24) is 9.29 Å². The van der Waals surface area contributed by atoms with E-state index in [1.54, 1.807) is 11.3 Å². The van der Waals surface area contributed by atoms with Gasteiger partial charge in [0.15, 0.2) is 0 Å². The summed E-state index contributed by atoms with van der Waals surface area (Å²) in [4.78, 5) is 4.65. The summed E-state index contributed by atoms with van der Waals surface area (Å²) in [5.41, 5.74) is 1.02. The van der Waals surface area contributed by atoms with E-state index < -0.39 is 15.8 Å². The summed E-state index contributed by atoms with van der Waals surface area (Å²) >= 11 is 1.64. The first-order valence-corrected chi connectivity index (χ1v) is 9.46. The Labute approximate surface area is 133 Å². The molecule has 1 fully saturated rings. The number of benzene rings is 1. The van der Waals surface area contributed by atoms with E-state index in [-0.39, 0.29) is 4.90 Å². The fourth-order valence-electron chi connectivity index (χ4n) is 2.66. The van der Waals surface area contributed by atoms with Crippen LogP contribution in [0, 0.1) is 12.7 Å². The molecule has 0 bridgehead atoms. The van der Waals surface area contributed by atoms with E-state index in [0.717, 1.165) is 23.5 Å². The van der Waals surface area contributed by atoms with Crippen molar-refractivity contribution in [3.8, 4) is 0 Å². The molecule has 2 heterocycles. The maximum Gasteiger partial charge on any atom is 0.243 e. The quantitative estimate of drug-likeness (QED) is 0.862. The number of sulfonamides is 1. The first-order valence-electron chi connectivity index (χ1n) is 7.14. The summed E-state index contributed by atoms with van der Waals surface area (Å²) in [5.74, 6) is -0.102. The van der Waals surface area contributed by atoms with Gasteiger partial charge in [-0.15, -0.1) is 11.3 Å². The molecule has 118 valence electrons. The second-order valence-corrected chi connectivity index (χ2v) is 8.29. The zero-order valence-electron chi connectivity index (χ0n) is 12.2. The molecule has 0 aliphatic carbocycles. The smallest absolute Gasteiger partial charge is 0.243 e. The van der Waals surface area contributed by atoms with Crippen molar-refractivity contribution in [1.29, 1.82) is 0 Å². The third-order valence-corrected chi connectivity index (χ3v) is 6.93. The largest absolute Gasteiger partial charge is 0.246 e. The van der Waals surface area contributed by atoms with Crippen LogP contribution in [0.5, 0.6) is 0 Å².